The summed E-state index contributed by atoms with van der Waals surface area (Å²) in [6.45, 7) is 1.81. The van der Waals surface area contributed by atoms with Gasteiger partial charge in [-0.15, -0.1) is 0 Å². The third-order valence-electron chi connectivity index (χ3n) is 3.64. The lowest BCUT2D eigenvalue weighted by Gasteiger charge is -2.18. The highest BCUT2D eigenvalue weighted by Gasteiger charge is 2.20. The molecule has 1 aliphatic rings. The van der Waals surface area contributed by atoms with Gasteiger partial charge >= 0.3 is 5.97 Å². The molecule has 106 valence electrons. The summed E-state index contributed by atoms with van der Waals surface area (Å²) in [5, 5.41) is 2.92. The first-order valence-electron chi connectivity index (χ1n) is 6.77. The molecule has 1 aromatic rings. The zero-order valence-electron chi connectivity index (χ0n) is 11.8. The molecule has 0 aromatic heterocycles. The lowest BCUT2D eigenvalue weighted by molar-refractivity contribution is -0.120. The first-order chi connectivity index (χ1) is 9.63. The van der Waals surface area contributed by atoms with Gasteiger partial charge in [0.25, 0.3) is 0 Å². The van der Waals surface area contributed by atoms with Gasteiger partial charge in [-0.2, -0.15) is 0 Å². The van der Waals surface area contributed by atoms with Crippen molar-refractivity contribution in [2.45, 2.75) is 26.2 Å². The highest BCUT2D eigenvalue weighted by atomic mass is 16.5. The number of esters is 1. The quantitative estimate of drug-likeness (QED) is 0.680. The molecule has 1 amide bonds. The molecule has 2 rings (SSSR count). The van der Waals surface area contributed by atoms with Gasteiger partial charge in [0, 0.05) is 11.6 Å². The average Bonchev–Trinajstić information content (AvgIpc) is 2.49. The third-order valence-corrected chi connectivity index (χ3v) is 3.64. The average molecular weight is 273 g/mol. The summed E-state index contributed by atoms with van der Waals surface area (Å²) in [6.07, 6.45) is 6.75. The van der Waals surface area contributed by atoms with Gasteiger partial charge in [0.2, 0.25) is 5.91 Å². The SMILES string of the molecule is COC(=O)c1cccc(NC(=O)[C@H]2CC=CCC2)c1C. The fraction of sp³-hybridized carbons (Fsp3) is 0.375. The van der Waals surface area contributed by atoms with Gasteiger partial charge in [-0.05, 0) is 43.9 Å². The van der Waals surface area contributed by atoms with Gasteiger partial charge < -0.3 is 10.1 Å². The van der Waals surface area contributed by atoms with Crippen molar-refractivity contribution in [1.29, 1.82) is 0 Å². The fourth-order valence-corrected chi connectivity index (χ4v) is 2.37. The number of anilines is 1. The molecular weight excluding hydrogens is 254 g/mol. The number of ether oxygens (including phenoxy) is 1. The number of methoxy groups -OCH3 is 1. The van der Waals surface area contributed by atoms with E-state index in [1.807, 2.05) is 13.0 Å². The van der Waals surface area contributed by atoms with Gasteiger partial charge in [-0.1, -0.05) is 18.2 Å². The third kappa shape index (κ3) is 3.07. The molecule has 1 aromatic carbocycles. The van der Waals surface area contributed by atoms with E-state index in [2.05, 4.69) is 11.4 Å². The molecule has 0 aliphatic heterocycles. The molecule has 0 unspecified atom stereocenters. The summed E-state index contributed by atoms with van der Waals surface area (Å²) >= 11 is 0. The second-order valence-electron chi connectivity index (χ2n) is 4.94. The van der Waals surface area contributed by atoms with Gasteiger partial charge in [0.05, 0.1) is 12.7 Å². The van der Waals surface area contributed by atoms with Crippen LogP contribution in [0, 0.1) is 12.8 Å². The minimum absolute atomic E-state index is 0.0134. The lowest BCUT2D eigenvalue weighted by Crippen LogP contribution is -2.24. The maximum absolute atomic E-state index is 12.2. The van der Waals surface area contributed by atoms with E-state index in [1.54, 1.807) is 18.2 Å². The second kappa shape index (κ2) is 6.37. The van der Waals surface area contributed by atoms with Crippen LogP contribution in [0.4, 0.5) is 5.69 Å². The highest BCUT2D eigenvalue weighted by Crippen LogP contribution is 2.23. The molecule has 1 aliphatic carbocycles. The van der Waals surface area contributed by atoms with Crippen LogP contribution in [0.5, 0.6) is 0 Å². The Morgan fingerprint density at radius 2 is 2.10 bits per heavy atom. The van der Waals surface area contributed by atoms with Gasteiger partial charge in [0.1, 0.15) is 0 Å². The number of carbonyl (C=O) groups is 2. The van der Waals surface area contributed by atoms with Crippen LogP contribution < -0.4 is 5.32 Å². The van der Waals surface area contributed by atoms with Crippen LogP contribution in [-0.2, 0) is 9.53 Å². The Morgan fingerprint density at radius 1 is 1.30 bits per heavy atom. The van der Waals surface area contributed by atoms with Crippen molar-refractivity contribution >= 4 is 17.6 Å². The minimum Gasteiger partial charge on any atom is -0.465 e. The van der Waals surface area contributed by atoms with E-state index in [-0.39, 0.29) is 17.8 Å². The molecule has 0 saturated heterocycles. The largest absolute Gasteiger partial charge is 0.465 e. The monoisotopic (exact) mass is 273 g/mol. The molecule has 0 spiro atoms. The second-order valence-corrected chi connectivity index (χ2v) is 4.94. The Labute approximate surface area is 118 Å². The van der Waals surface area contributed by atoms with E-state index in [0.717, 1.165) is 24.8 Å². The molecule has 0 heterocycles. The number of hydrogen-bond donors (Lipinski definition) is 1. The Morgan fingerprint density at radius 3 is 2.75 bits per heavy atom. The van der Waals surface area contributed by atoms with E-state index in [1.165, 1.54) is 7.11 Å². The molecule has 0 radical (unpaired) electrons. The lowest BCUT2D eigenvalue weighted by atomic mass is 9.93. The zero-order chi connectivity index (χ0) is 14.5. The number of nitrogens with one attached hydrogen (secondary N) is 1. The fourth-order valence-electron chi connectivity index (χ4n) is 2.37. The van der Waals surface area contributed by atoms with Crippen LogP contribution in [0.1, 0.15) is 35.2 Å². The van der Waals surface area contributed by atoms with Crippen LogP contribution >= 0.6 is 0 Å². The topological polar surface area (TPSA) is 55.4 Å². The minimum atomic E-state index is -0.390. The van der Waals surface area contributed by atoms with Crippen LogP contribution in [0.15, 0.2) is 30.4 Å². The number of benzene rings is 1. The van der Waals surface area contributed by atoms with Crippen molar-refractivity contribution in [3.63, 3.8) is 0 Å². The Balaban J connectivity index is 2.15. The Hall–Kier alpha value is -2.10. The smallest absolute Gasteiger partial charge is 0.338 e. The van der Waals surface area contributed by atoms with Crippen LogP contribution in [0.25, 0.3) is 0 Å². The van der Waals surface area contributed by atoms with E-state index >= 15 is 0 Å². The molecule has 0 fully saturated rings. The summed E-state index contributed by atoms with van der Waals surface area (Å²) in [7, 11) is 1.35. The van der Waals surface area contributed by atoms with E-state index in [0.29, 0.717) is 11.3 Å². The molecule has 0 saturated carbocycles. The Kier molecular flexibility index (Phi) is 4.56. The molecular formula is C16H19NO3. The number of carbonyl (C=O) groups excluding carboxylic acids is 2. The van der Waals surface area contributed by atoms with Crippen molar-refractivity contribution in [3.8, 4) is 0 Å². The predicted octanol–water partition coefficient (Wildman–Crippen LogP) is 3.08. The van der Waals surface area contributed by atoms with Crippen LogP contribution in [0.2, 0.25) is 0 Å². The van der Waals surface area contributed by atoms with E-state index < -0.39 is 0 Å². The zero-order valence-corrected chi connectivity index (χ0v) is 11.8. The normalized spacial score (nSPS) is 17.6. The number of rotatable bonds is 3. The van der Waals surface area contributed by atoms with Crippen molar-refractivity contribution in [2.75, 3.05) is 12.4 Å². The predicted molar refractivity (Wildman–Crippen MR) is 77.6 cm³/mol. The first kappa shape index (κ1) is 14.3. The molecule has 4 nitrogen and oxygen atoms in total. The van der Waals surface area contributed by atoms with Crippen molar-refractivity contribution in [3.05, 3.63) is 41.5 Å². The molecule has 4 heteroatoms. The van der Waals surface area contributed by atoms with Crippen LogP contribution in [0.3, 0.4) is 0 Å². The molecule has 1 N–H and O–H groups in total. The number of allylic oxidation sites excluding steroid dienone is 2. The Bertz CT molecular complexity index is 549. The maximum atomic E-state index is 12.2. The van der Waals surface area contributed by atoms with E-state index in [9.17, 15) is 9.59 Å². The molecule has 1 atom stereocenters. The summed E-state index contributed by atoms with van der Waals surface area (Å²) in [5.74, 6) is -0.361. The highest BCUT2D eigenvalue weighted by molar-refractivity contribution is 5.97. The maximum Gasteiger partial charge on any atom is 0.338 e. The van der Waals surface area contributed by atoms with Gasteiger partial charge in [0.15, 0.2) is 0 Å². The van der Waals surface area contributed by atoms with E-state index in [4.69, 9.17) is 4.74 Å². The number of hydrogen-bond acceptors (Lipinski definition) is 3. The standard InChI is InChI=1S/C16H19NO3/c1-11-13(16(19)20-2)9-6-10-14(11)17-15(18)12-7-4-3-5-8-12/h3-4,6,9-10,12H,5,7-8H2,1-2H3,(H,17,18)/t12-/m0/s1. The molecule has 0 bridgehead atoms. The summed E-state index contributed by atoms with van der Waals surface area (Å²) in [4.78, 5) is 23.8. The van der Waals surface area contributed by atoms with Gasteiger partial charge in [-0.3, -0.25) is 4.79 Å². The van der Waals surface area contributed by atoms with Crippen molar-refractivity contribution in [1.82, 2.24) is 0 Å². The first-order valence-corrected chi connectivity index (χ1v) is 6.77. The van der Waals surface area contributed by atoms with Gasteiger partial charge in [-0.25, -0.2) is 4.79 Å². The van der Waals surface area contributed by atoms with Crippen molar-refractivity contribution < 1.29 is 14.3 Å². The summed E-state index contributed by atoms with van der Waals surface area (Å²) < 4.78 is 4.73. The summed E-state index contributed by atoms with van der Waals surface area (Å²) in [5.41, 5.74) is 1.89. The summed E-state index contributed by atoms with van der Waals surface area (Å²) in [6, 6.07) is 5.24. The van der Waals surface area contributed by atoms with Crippen molar-refractivity contribution in [2.24, 2.45) is 5.92 Å². The van der Waals surface area contributed by atoms with Crippen LogP contribution in [-0.4, -0.2) is 19.0 Å². The number of amides is 1. The molecule has 20 heavy (non-hydrogen) atoms.